The third-order valence-corrected chi connectivity index (χ3v) is 8.83. The molecule has 0 aromatic heterocycles. The van der Waals surface area contributed by atoms with Crippen molar-refractivity contribution >= 4 is 33.6 Å². The first-order chi connectivity index (χ1) is 16.1. The van der Waals surface area contributed by atoms with E-state index >= 15 is 0 Å². The number of sulfonamides is 1. The Bertz CT molecular complexity index is 821. The van der Waals surface area contributed by atoms with Crippen LogP contribution >= 0.6 is 11.6 Å². The zero-order valence-corrected chi connectivity index (χ0v) is 21.4. The smallest absolute Gasteiger partial charge is 0.314 e. The summed E-state index contributed by atoms with van der Waals surface area (Å²) < 4.78 is 40.0. The molecule has 3 rings (SSSR count). The highest BCUT2D eigenvalue weighted by Gasteiger charge is 2.44. The van der Waals surface area contributed by atoms with Crippen molar-refractivity contribution < 1.29 is 22.4 Å². The Hall–Kier alpha value is -1.21. The highest BCUT2D eigenvalue weighted by atomic mass is 35.5. The second-order valence-electron chi connectivity index (χ2n) is 9.91. The van der Waals surface area contributed by atoms with Gasteiger partial charge in [0.25, 0.3) is 0 Å². The van der Waals surface area contributed by atoms with Crippen molar-refractivity contribution in [3.63, 3.8) is 0 Å². The maximum Gasteiger partial charge on any atom is 0.314 e. The van der Waals surface area contributed by atoms with E-state index in [2.05, 4.69) is 31.1 Å². The Kier molecular flexibility index (Phi) is 9.79. The molecule has 7 atom stereocenters. The molecule has 0 spiro atoms. The Morgan fingerprint density at radius 1 is 1.21 bits per heavy atom. The molecule has 1 aliphatic heterocycles. The molecule has 34 heavy (non-hydrogen) atoms. The molecule has 0 aromatic carbocycles. The van der Waals surface area contributed by atoms with E-state index in [1.54, 1.807) is 0 Å². The monoisotopic (exact) mass is 524 g/mol. The quantitative estimate of drug-likeness (QED) is 0.234. The molecule has 5 N–H and O–H groups in total. The van der Waals surface area contributed by atoms with Crippen LogP contribution in [0.3, 0.4) is 0 Å². The molecule has 2 aliphatic carbocycles. The lowest BCUT2D eigenvalue weighted by Crippen LogP contribution is -2.52. The minimum atomic E-state index is -3.83. The van der Waals surface area contributed by atoms with Gasteiger partial charge in [-0.1, -0.05) is 6.42 Å². The van der Waals surface area contributed by atoms with Gasteiger partial charge in [-0.3, -0.25) is 20.4 Å². The summed E-state index contributed by atoms with van der Waals surface area (Å²) >= 11 is 6.23. The van der Waals surface area contributed by atoms with E-state index in [9.17, 15) is 22.4 Å². The van der Waals surface area contributed by atoms with Crippen molar-refractivity contribution in [2.24, 2.45) is 17.8 Å². The average molecular weight is 525 g/mol. The molecule has 2 saturated carbocycles. The van der Waals surface area contributed by atoms with Gasteiger partial charge in [-0.25, -0.2) is 17.6 Å². The second-order valence-corrected chi connectivity index (χ2v) is 12.2. The van der Waals surface area contributed by atoms with Gasteiger partial charge in [0.2, 0.25) is 15.9 Å². The van der Waals surface area contributed by atoms with E-state index < -0.39 is 33.4 Å². The topological polar surface area (TPSA) is 132 Å². The van der Waals surface area contributed by atoms with Crippen molar-refractivity contribution in [3.8, 4) is 0 Å². The van der Waals surface area contributed by atoms with E-state index in [1.165, 1.54) is 0 Å². The molecule has 5 unspecified atom stereocenters. The van der Waals surface area contributed by atoms with E-state index in [0.717, 1.165) is 32.5 Å². The molecule has 0 bridgehead atoms. The summed E-state index contributed by atoms with van der Waals surface area (Å²) in [6, 6.07) is -0.228. The summed E-state index contributed by atoms with van der Waals surface area (Å²) in [5, 5.41) is 8.12. The lowest BCUT2D eigenvalue weighted by molar-refractivity contribution is -0.129. The van der Waals surface area contributed by atoms with Crippen LogP contribution in [0.1, 0.15) is 45.4 Å². The molecule has 1 saturated heterocycles. The van der Waals surface area contributed by atoms with E-state index in [0.29, 0.717) is 25.8 Å². The third-order valence-electron chi connectivity index (χ3n) is 7.09. The van der Waals surface area contributed by atoms with Crippen molar-refractivity contribution in [2.45, 2.75) is 69.1 Å². The molecule has 0 radical (unpaired) electrons. The average Bonchev–Trinajstić information content (AvgIpc) is 3.20. The molecule has 13 heteroatoms. The number of carbonyl (C=O) groups is 2. The zero-order valence-electron chi connectivity index (χ0n) is 19.9. The van der Waals surface area contributed by atoms with Crippen LogP contribution in [0.2, 0.25) is 0 Å². The van der Waals surface area contributed by atoms with Crippen LogP contribution < -0.4 is 26.2 Å². The van der Waals surface area contributed by atoms with E-state index in [4.69, 9.17) is 11.6 Å². The van der Waals surface area contributed by atoms with E-state index in [1.807, 2.05) is 14.0 Å². The fourth-order valence-corrected chi connectivity index (χ4v) is 7.07. The maximum absolute atomic E-state index is 14.8. The fraction of sp³-hybridized carbons (Fsp3) is 0.905. The van der Waals surface area contributed by atoms with Gasteiger partial charge >= 0.3 is 6.03 Å². The first-order valence-corrected chi connectivity index (χ1v) is 14.2. The minimum absolute atomic E-state index is 0.0309. The maximum atomic E-state index is 14.8. The summed E-state index contributed by atoms with van der Waals surface area (Å²) in [5.74, 6) is -2.01. The van der Waals surface area contributed by atoms with E-state index in [-0.39, 0.29) is 35.7 Å². The highest BCUT2D eigenvalue weighted by Crippen LogP contribution is 2.37. The predicted molar refractivity (Wildman–Crippen MR) is 128 cm³/mol. The highest BCUT2D eigenvalue weighted by molar-refractivity contribution is 7.89. The van der Waals surface area contributed by atoms with Gasteiger partial charge in [-0.15, -0.1) is 16.4 Å². The molecule has 3 fully saturated rings. The number of nitrogens with one attached hydrogen (secondary N) is 5. The molecule has 0 aromatic rings. The number of hydrazine groups is 1. The van der Waals surface area contributed by atoms with Crippen molar-refractivity contribution in [2.75, 3.05) is 32.6 Å². The summed E-state index contributed by atoms with van der Waals surface area (Å²) in [7, 11) is -1.85. The van der Waals surface area contributed by atoms with Crippen LogP contribution in [0.4, 0.5) is 9.18 Å². The number of hydrogen-bond donors (Lipinski definition) is 5. The summed E-state index contributed by atoms with van der Waals surface area (Å²) in [4.78, 5) is 28.7. The summed E-state index contributed by atoms with van der Waals surface area (Å²) in [6.07, 6.45) is 2.09. The van der Waals surface area contributed by atoms with Crippen LogP contribution in [0.25, 0.3) is 0 Å². The number of urea groups is 1. The normalized spacial score (nSPS) is 35.0. The van der Waals surface area contributed by atoms with Gasteiger partial charge in [0.15, 0.2) is 0 Å². The van der Waals surface area contributed by atoms with Gasteiger partial charge in [0.1, 0.15) is 6.17 Å². The number of nitrogens with zero attached hydrogens (tertiary/aromatic N) is 1. The summed E-state index contributed by atoms with van der Waals surface area (Å²) in [6.45, 7) is 3.86. The van der Waals surface area contributed by atoms with Crippen LogP contribution in [-0.2, 0) is 14.8 Å². The molecular weight excluding hydrogens is 487 g/mol. The number of likely N-dealkylation sites (N-methyl/N-ethyl adjacent to an activating group) is 1. The first-order valence-electron chi connectivity index (χ1n) is 12.1. The standard InChI is InChI=1S/C21H38ClFN6O4S/c1-3-24-21(31)26-15-6-4-5-13(7-15)11-34(32,33)28-27-20(30)16-8-14(9-17(22)19(16)23)18-10-29(2)12-25-18/h13-19,25,28H,3-12H2,1-2H3,(H,27,30)(H2,24,26,31)/t13-,14?,15-,16?,17?,18?,19?/m1/s1. The van der Waals surface area contributed by atoms with Gasteiger partial charge in [-0.2, -0.15) is 0 Å². The Morgan fingerprint density at radius 3 is 2.65 bits per heavy atom. The number of halogens is 2. The van der Waals surface area contributed by atoms with Crippen molar-refractivity contribution in [3.05, 3.63) is 0 Å². The van der Waals surface area contributed by atoms with Crippen LogP contribution in [-0.4, -0.2) is 81.4 Å². The van der Waals surface area contributed by atoms with Gasteiger partial charge < -0.3 is 10.6 Å². The SMILES string of the molecule is CCNC(=O)N[C@@H]1CCC[C@@H](CS(=O)(=O)NNC(=O)C2CC(C3CN(C)CN3)CC(Cl)C2F)C1. The number of carbonyl (C=O) groups excluding carboxylic acids is 2. The minimum Gasteiger partial charge on any atom is -0.338 e. The fourth-order valence-electron chi connectivity index (χ4n) is 5.40. The third kappa shape index (κ3) is 7.64. The molecule has 196 valence electrons. The molecule has 3 aliphatic rings. The van der Waals surface area contributed by atoms with Crippen molar-refractivity contribution in [1.82, 2.24) is 31.1 Å². The number of alkyl halides is 2. The van der Waals surface area contributed by atoms with Gasteiger partial charge in [0, 0.05) is 31.8 Å². The van der Waals surface area contributed by atoms with Crippen molar-refractivity contribution in [1.29, 1.82) is 0 Å². The molecule has 3 amide bonds. The number of amides is 3. The zero-order chi connectivity index (χ0) is 24.9. The molecular formula is C21H38ClFN6O4S. The lowest BCUT2D eigenvalue weighted by atomic mass is 9.76. The Morgan fingerprint density at radius 2 is 1.97 bits per heavy atom. The summed E-state index contributed by atoms with van der Waals surface area (Å²) in [5.41, 5.74) is 2.23. The molecule has 1 heterocycles. The second kappa shape index (κ2) is 12.2. The predicted octanol–water partition coefficient (Wildman–Crippen LogP) is 0.648. The molecule has 10 nitrogen and oxygen atoms in total. The largest absolute Gasteiger partial charge is 0.338 e. The number of hydrogen-bond acceptors (Lipinski definition) is 6. The Balaban J connectivity index is 1.50. The van der Waals surface area contributed by atoms with Gasteiger partial charge in [-0.05, 0) is 57.9 Å². The Labute approximate surface area is 206 Å². The lowest BCUT2D eigenvalue weighted by Gasteiger charge is -2.37. The number of rotatable bonds is 8. The van der Waals surface area contributed by atoms with Crippen LogP contribution in [0.15, 0.2) is 0 Å². The van der Waals surface area contributed by atoms with Crippen LogP contribution in [0.5, 0.6) is 0 Å². The van der Waals surface area contributed by atoms with Gasteiger partial charge in [0.05, 0.1) is 17.0 Å². The van der Waals surface area contributed by atoms with Crippen LogP contribution in [0, 0.1) is 17.8 Å². The first kappa shape index (κ1) is 27.4.